The smallest absolute Gasteiger partial charge is 0.170 e. The van der Waals surface area contributed by atoms with Gasteiger partial charge in [0.2, 0.25) is 0 Å². The van der Waals surface area contributed by atoms with Crippen LogP contribution in [-0.2, 0) is 0 Å². The summed E-state index contributed by atoms with van der Waals surface area (Å²) >= 11 is 3.86. The highest BCUT2D eigenvalue weighted by molar-refractivity contribution is 9.09. The van der Waals surface area contributed by atoms with Gasteiger partial charge in [-0.1, -0.05) is 46.3 Å². The Morgan fingerprint density at radius 2 is 1.72 bits per heavy atom. The van der Waals surface area contributed by atoms with Crippen LogP contribution in [0.3, 0.4) is 0 Å². The first-order valence-electron chi connectivity index (χ1n) is 5.29. The lowest BCUT2D eigenvalue weighted by molar-refractivity contribution is -0.122. The maximum Gasteiger partial charge on any atom is 0.402 e. The molecule has 0 saturated heterocycles. The minimum absolute atomic E-state index is 0.0260. The highest BCUT2D eigenvalue weighted by Gasteiger charge is 2.37. The molecule has 2 rings (SSSR count). The summed E-state index contributed by atoms with van der Waals surface area (Å²) in [5, 5.41) is 2.13. The summed E-state index contributed by atoms with van der Waals surface area (Å²) in [7, 11) is 0. The van der Waals surface area contributed by atoms with Crippen molar-refractivity contribution in [1.29, 1.82) is 0 Å². The molecule has 0 spiro atoms. The number of alkyl halides is 4. The van der Waals surface area contributed by atoms with Crippen molar-refractivity contribution in [2.24, 2.45) is 0 Å². The van der Waals surface area contributed by atoms with Crippen LogP contribution in [0.1, 0.15) is 0 Å². The van der Waals surface area contributed by atoms with Gasteiger partial charge in [-0.3, -0.25) is 0 Å². The molecule has 1 unspecified atom stereocenters. The molecular weight excluding hydrogens is 325 g/mol. The van der Waals surface area contributed by atoms with E-state index in [-0.39, 0.29) is 5.75 Å². The van der Waals surface area contributed by atoms with E-state index in [4.69, 9.17) is 0 Å². The summed E-state index contributed by atoms with van der Waals surface area (Å²) in [5.74, 6) is -0.0260. The van der Waals surface area contributed by atoms with E-state index >= 15 is 0 Å². The van der Waals surface area contributed by atoms with Gasteiger partial charge in [-0.05, 0) is 22.9 Å². The summed E-state index contributed by atoms with van der Waals surface area (Å²) in [6, 6.07) is 13.5. The van der Waals surface area contributed by atoms with E-state index in [1.165, 1.54) is 11.8 Å². The Morgan fingerprint density at radius 1 is 1.06 bits per heavy atom. The molecule has 0 bridgehead atoms. The van der Waals surface area contributed by atoms with Crippen molar-refractivity contribution in [2.45, 2.75) is 15.9 Å². The maximum absolute atomic E-state index is 12.3. The van der Waals surface area contributed by atoms with Gasteiger partial charge < -0.3 is 0 Å². The molecule has 0 aliphatic heterocycles. The number of thioether (sulfide) groups is 1. The topological polar surface area (TPSA) is 0 Å². The number of fused-ring (bicyclic) bond motifs is 1. The van der Waals surface area contributed by atoms with Gasteiger partial charge in [-0.25, -0.2) is 0 Å². The molecule has 0 nitrogen and oxygen atoms in total. The maximum atomic E-state index is 12.3. The second-order valence-corrected chi connectivity index (χ2v) is 6.03. The molecule has 2 aromatic rings. The fourth-order valence-electron chi connectivity index (χ4n) is 1.52. The van der Waals surface area contributed by atoms with Gasteiger partial charge in [0.05, 0.1) is 0 Å². The summed E-state index contributed by atoms with van der Waals surface area (Å²) in [4.78, 5) is -0.621. The summed E-state index contributed by atoms with van der Waals surface area (Å²) in [6.45, 7) is 0. The normalized spacial score (nSPS) is 13.8. The molecular formula is C13H10BrF3S. The Labute approximate surface area is 116 Å². The van der Waals surface area contributed by atoms with Gasteiger partial charge in [-0.2, -0.15) is 13.2 Å². The second kappa shape index (κ2) is 5.53. The second-order valence-electron chi connectivity index (χ2n) is 3.83. The molecule has 0 N–H and O–H groups in total. The van der Waals surface area contributed by atoms with Gasteiger partial charge in [0, 0.05) is 10.6 Å². The molecule has 0 radical (unpaired) electrons. The van der Waals surface area contributed by atoms with Crippen molar-refractivity contribution in [3.63, 3.8) is 0 Å². The lowest BCUT2D eigenvalue weighted by Gasteiger charge is -2.13. The Kier molecular flexibility index (Phi) is 4.22. The minimum atomic E-state index is -4.19. The zero-order valence-electron chi connectivity index (χ0n) is 9.25. The third kappa shape index (κ3) is 3.42. The molecule has 0 saturated carbocycles. The van der Waals surface area contributed by atoms with Gasteiger partial charge in [0.15, 0.2) is 0 Å². The monoisotopic (exact) mass is 334 g/mol. The average Bonchev–Trinajstić information content (AvgIpc) is 2.34. The van der Waals surface area contributed by atoms with Crippen molar-refractivity contribution >= 4 is 38.5 Å². The van der Waals surface area contributed by atoms with Crippen LogP contribution in [0.15, 0.2) is 47.4 Å². The fraction of sp³-hybridized carbons (Fsp3) is 0.231. The van der Waals surface area contributed by atoms with E-state index in [9.17, 15) is 13.2 Å². The van der Waals surface area contributed by atoms with Gasteiger partial charge >= 0.3 is 6.18 Å². The molecule has 0 aliphatic rings. The van der Waals surface area contributed by atoms with Crippen molar-refractivity contribution < 1.29 is 13.2 Å². The van der Waals surface area contributed by atoms with E-state index in [1.807, 2.05) is 42.5 Å². The molecule has 0 aliphatic carbocycles. The lowest BCUT2D eigenvalue weighted by Crippen LogP contribution is -2.24. The van der Waals surface area contributed by atoms with E-state index in [0.29, 0.717) is 0 Å². The van der Waals surface area contributed by atoms with Crippen LogP contribution in [0.25, 0.3) is 10.8 Å². The summed E-state index contributed by atoms with van der Waals surface area (Å²) in [5.41, 5.74) is 0. The van der Waals surface area contributed by atoms with Gasteiger partial charge in [0.25, 0.3) is 0 Å². The van der Waals surface area contributed by atoms with Gasteiger partial charge in [0.1, 0.15) is 4.83 Å². The highest BCUT2D eigenvalue weighted by atomic mass is 79.9. The number of hydrogen-bond acceptors (Lipinski definition) is 1. The third-order valence-electron chi connectivity index (χ3n) is 2.47. The zero-order valence-corrected chi connectivity index (χ0v) is 11.6. The quantitative estimate of drug-likeness (QED) is 0.545. The highest BCUT2D eigenvalue weighted by Crippen LogP contribution is 2.32. The third-order valence-corrected chi connectivity index (χ3v) is 4.83. The number of hydrogen-bond donors (Lipinski definition) is 0. The number of benzene rings is 2. The van der Waals surface area contributed by atoms with Crippen LogP contribution in [0.5, 0.6) is 0 Å². The molecule has 1 atom stereocenters. The first kappa shape index (κ1) is 13.7. The van der Waals surface area contributed by atoms with Crippen LogP contribution in [0, 0.1) is 0 Å². The lowest BCUT2D eigenvalue weighted by atomic mass is 10.1. The van der Waals surface area contributed by atoms with Crippen molar-refractivity contribution in [2.75, 3.05) is 5.75 Å². The van der Waals surface area contributed by atoms with Crippen molar-refractivity contribution in [3.05, 3.63) is 42.5 Å². The van der Waals surface area contributed by atoms with Crippen LogP contribution >= 0.6 is 27.7 Å². The predicted octanol–water partition coefficient (Wildman–Crippen LogP) is 5.26. The van der Waals surface area contributed by atoms with Crippen LogP contribution in [0.2, 0.25) is 0 Å². The Morgan fingerprint density at radius 3 is 2.39 bits per heavy atom. The molecule has 0 aromatic heterocycles. The van der Waals surface area contributed by atoms with Crippen LogP contribution in [-0.4, -0.2) is 16.8 Å². The molecule has 2 aromatic carbocycles. The van der Waals surface area contributed by atoms with Crippen molar-refractivity contribution in [3.8, 4) is 0 Å². The van der Waals surface area contributed by atoms with E-state index in [2.05, 4.69) is 15.9 Å². The molecule has 96 valence electrons. The van der Waals surface area contributed by atoms with Crippen molar-refractivity contribution in [1.82, 2.24) is 0 Å². The molecule has 5 heteroatoms. The molecule has 0 heterocycles. The molecule has 0 amide bonds. The number of halogens is 4. The summed E-state index contributed by atoms with van der Waals surface area (Å²) < 4.78 is 37.0. The van der Waals surface area contributed by atoms with Crippen LogP contribution in [0.4, 0.5) is 13.2 Å². The van der Waals surface area contributed by atoms with E-state index in [0.717, 1.165) is 15.7 Å². The molecule has 0 fully saturated rings. The Hall–Kier alpha value is -0.680. The van der Waals surface area contributed by atoms with Crippen LogP contribution < -0.4 is 0 Å². The average molecular weight is 335 g/mol. The predicted molar refractivity (Wildman–Crippen MR) is 73.4 cm³/mol. The Bertz CT molecular complexity index is 539. The first-order valence-corrected chi connectivity index (χ1v) is 7.19. The largest absolute Gasteiger partial charge is 0.402 e. The molecule has 18 heavy (non-hydrogen) atoms. The standard InChI is InChI=1S/C13H10BrF3S/c14-12(13(15,16)17)8-18-11-6-5-9-3-1-2-4-10(9)7-11/h1-7,12H,8H2. The summed E-state index contributed by atoms with van der Waals surface area (Å²) in [6.07, 6.45) is -4.19. The number of rotatable bonds is 3. The van der Waals surface area contributed by atoms with E-state index < -0.39 is 11.0 Å². The SMILES string of the molecule is FC(F)(F)C(Br)CSc1ccc2ccccc2c1. The first-order chi connectivity index (χ1) is 8.47. The van der Waals surface area contributed by atoms with E-state index in [1.54, 1.807) is 0 Å². The zero-order chi connectivity index (χ0) is 13.2. The Balaban J connectivity index is 2.08. The van der Waals surface area contributed by atoms with Gasteiger partial charge in [-0.15, -0.1) is 11.8 Å². The fourth-order valence-corrected chi connectivity index (χ4v) is 2.82. The minimum Gasteiger partial charge on any atom is -0.170 e.